The molecule has 10 nitrogen and oxygen atoms in total. The van der Waals surface area contributed by atoms with E-state index < -0.39 is 10.0 Å². The van der Waals surface area contributed by atoms with Crippen LogP contribution in [-0.4, -0.2) is 62.8 Å². The van der Waals surface area contributed by atoms with Gasteiger partial charge in [-0.15, -0.1) is 0 Å². The molecule has 3 aromatic rings. The van der Waals surface area contributed by atoms with Crippen LogP contribution in [0.5, 0.6) is 0 Å². The first kappa shape index (κ1) is 21.5. The van der Waals surface area contributed by atoms with Gasteiger partial charge in [-0.25, -0.2) is 13.4 Å². The van der Waals surface area contributed by atoms with Gasteiger partial charge in [0.1, 0.15) is 10.5 Å². The molecule has 12 heteroatoms. The fourth-order valence-electron chi connectivity index (χ4n) is 3.49. The van der Waals surface area contributed by atoms with E-state index in [1.165, 1.54) is 22.1 Å². The van der Waals surface area contributed by atoms with Crippen molar-refractivity contribution in [2.45, 2.75) is 6.10 Å². The number of rotatable bonds is 6. The van der Waals surface area contributed by atoms with E-state index in [1.54, 1.807) is 26.3 Å². The zero-order chi connectivity index (χ0) is 22.5. The highest BCUT2D eigenvalue weighted by Gasteiger charge is 2.28. The summed E-state index contributed by atoms with van der Waals surface area (Å²) in [5.74, 6) is 0. The predicted molar refractivity (Wildman–Crippen MR) is 122 cm³/mol. The largest absolute Gasteiger partial charge is 0.378 e. The number of halogens is 1. The number of nitrogens with zero attached hydrogens (tertiary/aromatic N) is 4. The first-order chi connectivity index (χ1) is 14.6. The van der Waals surface area contributed by atoms with Gasteiger partial charge in [0.2, 0.25) is 10.0 Å². The van der Waals surface area contributed by atoms with Gasteiger partial charge in [-0.2, -0.15) is 0 Å². The van der Waals surface area contributed by atoms with Crippen molar-refractivity contribution in [1.29, 1.82) is 0 Å². The Morgan fingerprint density at radius 2 is 2.00 bits per heavy atom. The number of methoxy groups -OCH3 is 1. The molecule has 31 heavy (non-hydrogen) atoms. The van der Waals surface area contributed by atoms with Crippen LogP contribution in [0.25, 0.3) is 11.0 Å². The van der Waals surface area contributed by atoms with Crippen molar-refractivity contribution in [1.82, 2.24) is 14.8 Å². The van der Waals surface area contributed by atoms with Crippen LogP contribution in [0.1, 0.15) is 0 Å². The number of nitrogens with one attached hydrogen (secondary N) is 2. The van der Waals surface area contributed by atoms with Crippen LogP contribution in [0.15, 0.2) is 29.1 Å². The summed E-state index contributed by atoms with van der Waals surface area (Å²) in [7, 11) is 1.21. The summed E-state index contributed by atoms with van der Waals surface area (Å²) in [6, 6.07) is 7.01. The molecule has 3 heterocycles. The van der Waals surface area contributed by atoms with Gasteiger partial charge in [0.05, 0.1) is 29.4 Å². The Balaban J connectivity index is 1.80. The zero-order valence-corrected chi connectivity index (χ0v) is 19.1. The van der Waals surface area contributed by atoms with E-state index in [1.807, 2.05) is 6.07 Å². The molecule has 0 bridgehead atoms. The average Bonchev–Trinajstić information content (AvgIpc) is 2.94. The quantitative estimate of drug-likeness (QED) is 0.533. The van der Waals surface area contributed by atoms with Crippen molar-refractivity contribution in [3.05, 3.63) is 39.8 Å². The fraction of sp³-hybridized carbons (Fsp3) is 0.368. The molecule has 1 aromatic carbocycles. The number of pyridine rings is 1. The molecule has 0 unspecified atom stereocenters. The number of benzene rings is 1. The maximum Gasteiger partial charge on any atom is 0.277 e. The van der Waals surface area contributed by atoms with Crippen molar-refractivity contribution in [3.63, 3.8) is 0 Å². The third-order valence-electron chi connectivity index (χ3n) is 5.41. The van der Waals surface area contributed by atoms with Gasteiger partial charge in [0.15, 0.2) is 5.65 Å². The molecule has 166 valence electrons. The average molecular weight is 467 g/mol. The number of sulfonamides is 1. The van der Waals surface area contributed by atoms with Crippen LogP contribution in [0.4, 0.5) is 22.7 Å². The second kappa shape index (κ2) is 7.74. The predicted octanol–water partition coefficient (Wildman–Crippen LogP) is 1.89. The SMILES string of the molecule is COC1CN(c2ccc(Nc3cc(Cl)nc4[nH]n(C)c(=O)c34)c(N(C)S(C)(=O)=O)c2)C1. The summed E-state index contributed by atoms with van der Waals surface area (Å²) in [5.41, 5.74) is 2.31. The van der Waals surface area contributed by atoms with Crippen LogP contribution < -0.4 is 20.1 Å². The molecule has 2 N–H and O–H groups in total. The van der Waals surface area contributed by atoms with Crippen LogP contribution >= 0.6 is 11.6 Å². The van der Waals surface area contributed by atoms with Crippen LogP contribution in [0.2, 0.25) is 5.15 Å². The van der Waals surface area contributed by atoms with Crippen molar-refractivity contribution < 1.29 is 13.2 Å². The summed E-state index contributed by atoms with van der Waals surface area (Å²) < 4.78 is 32.4. The number of H-pyrrole nitrogens is 1. The van der Waals surface area contributed by atoms with E-state index in [9.17, 15) is 13.2 Å². The summed E-state index contributed by atoms with van der Waals surface area (Å²) in [6.07, 6.45) is 1.29. The maximum atomic E-state index is 12.6. The highest BCUT2D eigenvalue weighted by molar-refractivity contribution is 7.92. The van der Waals surface area contributed by atoms with Gasteiger partial charge in [0, 0.05) is 40.0 Å². The minimum Gasteiger partial charge on any atom is -0.378 e. The smallest absolute Gasteiger partial charge is 0.277 e. The Morgan fingerprint density at radius 1 is 1.29 bits per heavy atom. The van der Waals surface area contributed by atoms with Gasteiger partial charge >= 0.3 is 0 Å². The van der Waals surface area contributed by atoms with E-state index in [0.29, 0.717) is 28.1 Å². The third-order valence-corrected chi connectivity index (χ3v) is 6.80. The number of fused-ring (bicyclic) bond motifs is 1. The number of anilines is 4. The van der Waals surface area contributed by atoms with Crippen LogP contribution in [0, 0.1) is 0 Å². The number of hydrogen-bond donors (Lipinski definition) is 2. The highest BCUT2D eigenvalue weighted by Crippen LogP contribution is 2.36. The van der Waals surface area contributed by atoms with Crippen molar-refractivity contribution in [2.75, 3.05) is 48.0 Å². The Morgan fingerprint density at radius 3 is 2.65 bits per heavy atom. The van der Waals surface area contributed by atoms with Gasteiger partial charge in [-0.05, 0) is 24.3 Å². The summed E-state index contributed by atoms with van der Waals surface area (Å²) in [6.45, 7) is 1.45. The zero-order valence-electron chi connectivity index (χ0n) is 17.5. The molecule has 0 atom stereocenters. The molecule has 0 amide bonds. The molecule has 1 aliphatic heterocycles. The van der Waals surface area contributed by atoms with Gasteiger partial charge in [0.25, 0.3) is 5.56 Å². The number of aromatic nitrogens is 3. The van der Waals surface area contributed by atoms with Gasteiger partial charge in [-0.1, -0.05) is 11.6 Å². The van der Waals surface area contributed by atoms with E-state index in [0.717, 1.165) is 25.0 Å². The molecular formula is C19H23ClN6O4S. The Bertz CT molecular complexity index is 1310. The first-order valence-electron chi connectivity index (χ1n) is 9.46. The lowest BCUT2D eigenvalue weighted by Gasteiger charge is -2.40. The monoisotopic (exact) mass is 466 g/mol. The van der Waals surface area contributed by atoms with Gasteiger partial charge in [-0.3, -0.25) is 18.9 Å². The second-order valence-corrected chi connectivity index (χ2v) is 9.91. The Kier molecular flexibility index (Phi) is 5.36. The van der Waals surface area contributed by atoms with E-state index in [2.05, 4.69) is 20.3 Å². The lowest BCUT2D eigenvalue weighted by molar-refractivity contribution is 0.0788. The van der Waals surface area contributed by atoms with Crippen molar-refractivity contribution in [3.8, 4) is 0 Å². The lowest BCUT2D eigenvalue weighted by atomic mass is 10.1. The summed E-state index contributed by atoms with van der Waals surface area (Å²) >= 11 is 6.14. The Hall–Kier alpha value is -2.76. The van der Waals surface area contributed by atoms with Gasteiger partial charge < -0.3 is 15.0 Å². The van der Waals surface area contributed by atoms with Crippen LogP contribution in [0.3, 0.4) is 0 Å². The van der Waals surface area contributed by atoms with Crippen molar-refractivity contribution in [2.24, 2.45) is 7.05 Å². The fourth-order valence-corrected chi connectivity index (χ4v) is 4.19. The minimum atomic E-state index is -3.53. The molecule has 0 spiro atoms. The maximum absolute atomic E-state index is 12.6. The molecule has 0 radical (unpaired) electrons. The van der Waals surface area contributed by atoms with Crippen LogP contribution in [-0.2, 0) is 21.8 Å². The molecule has 0 aliphatic carbocycles. The number of aromatic amines is 1. The summed E-state index contributed by atoms with van der Waals surface area (Å²) in [5, 5.41) is 6.55. The summed E-state index contributed by atoms with van der Waals surface area (Å²) in [4.78, 5) is 18.8. The molecule has 0 saturated carbocycles. The second-order valence-electron chi connectivity index (χ2n) is 7.51. The van der Waals surface area contributed by atoms with E-state index in [-0.39, 0.29) is 16.8 Å². The minimum absolute atomic E-state index is 0.158. The lowest BCUT2D eigenvalue weighted by Crippen LogP contribution is -2.51. The topological polar surface area (TPSA) is 113 Å². The molecular weight excluding hydrogens is 444 g/mol. The first-order valence-corrected chi connectivity index (χ1v) is 11.7. The molecule has 2 aromatic heterocycles. The van der Waals surface area contributed by atoms with E-state index in [4.69, 9.17) is 16.3 Å². The molecule has 1 saturated heterocycles. The normalized spacial score (nSPS) is 14.7. The standard InChI is InChI=1S/C19H23ClN6O4S/c1-24-19(27)17-14(8-16(20)22-18(17)23-24)21-13-6-5-11(26-9-12(10-26)30-3)7-15(13)25(2)31(4,28)29/h5-8,12H,9-10H2,1-4H3,(H2,21,22,23). The number of hydrogen-bond acceptors (Lipinski definition) is 7. The number of aryl methyl sites for hydroxylation is 1. The van der Waals surface area contributed by atoms with Crippen molar-refractivity contribution >= 4 is 55.4 Å². The molecule has 1 fully saturated rings. The highest BCUT2D eigenvalue weighted by atomic mass is 35.5. The number of ether oxygens (including phenoxy) is 1. The molecule has 4 rings (SSSR count). The third kappa shape index (κ3) is 3.95. The Labute approximate surface area is 184 Å². The van der Waals surface area contributed by atoms with E-state index >= 15 is 0 Å². The molecule has 1 aliphatic rings.